The maximum atomic E-state index is 12.4. The fourth-order valence-corrected chi connectivity index (χ4v) is 3.56. The topological polar surface area (TPSA) is 43.1 Å². The molecule has 2 aromatic carbocycles. The Balaban J connectivity index is 2.21. The minimum atomic E-state index is -1.22. The van der Waals surface area contributed by atoms with Gasteiger partial charge in [-0.05, 0) is 29.7 Å². The van der Waals surface area contributed by atoms with E-state index in [0.717, 1.165) is 12.0 Å². The summed E-state index contributed by atoms with van der Waals surface area (Å²) in [4.78, 5) is 0.531. The zero-order valence-corrected chi connectivity index (χ0v) is 12.3. The Labute approximate surface area is 121 Å². The van der Waals surface area contributed by atoms with Crippen molar-refractivity contribution in [1.82, 2.24) is 0 Å². The molecule has 2 nitrogen and oxygen atoms in total. The summed E-state index contributed by atoms with van der Waals surface area (Å²) in [5.41, 5.74) is 8.62. The maximum Gasteiger partial charge on any atom is 0.0806 e. The summed E-state index contributed by atoms with van der Waals surface area (Å²) < 4.78 is 12.4. The molecule has 0 aliphatic heterocycles. The molecule has 2 aromatic rings. The third-order valence-electron chi connectivity index (χ3n) is 2.95. The van der Waals surface area contributed by atoms with Crippen LogP contribution in [0.1, 0.15) is 18.1 Å². The highest BCUT2D eigenvalue weighted by atomic mass is 35.5. The zero-order valence-electron chi connectivity index (χ0n) is 10.7. The zero-order chi connectivity index (χ0) is 13.8. The number of aryl methyl sites for hydroxylation is 1. The lowest BCUT2D eigenvalue weighted by Crippen LogP contribution is -2.02. The lowest BCUT2D eigenvalue weighted by Gasteiger charge is -2.08. The van der Waals surface area contributed by atoms with Crippen molar-refractivity contribution in [1.29, 1.82) is 0 Å². The Morgan fingerprint density at radius 2 is 1.74 bits per heavy atom. The Bertz CT molecular complexity index is 575. The van der Waals surface area contributed by atoms with Crippen molar-refractivity contribution in [3.63, 3.8) is 0 Å². The molecule has 4 heteroatoms. The summed E-state index contributed by atoms with van der Waals surface area (Å²) in [7, 11) is -1.22. The van der Waals surface area contributed by atoms with E-state index in [4.69, 9.17) is 17.3 Å². The van der Waals surface area contributed by atoms with Gasteiger partial charge in [0.05, 0.1) is 26.5 Å². The Hall–Kier alpha value is -1.32. The number of nitrogen functional groups attached to an aromatic ring is 1. The van der Waals surface area contributed by atoms with E-state index < -0.39 is 10.8 Å². The average Bonchev–Trinajstić information content (AvgIpc) is 2.39. The molecule has 1 unspecified atom stereocenters. The number of hydrogen-bond donors (Lipinski definition) is 1. The van der Waals surface area contributed by atoms with Crippen molar-refractivity contribution < 1.29 is 4.21 Å². The molecular formula is C15H16ClNOS. The van der Waals surface area contributed by atoms with Crippen molar-refractivity contribution in [2.24, 2.45) is 0 Å². The van der Waals surface area contributed by atoms with Gasteiger partial charge in [-0.3, -0.25) is 4.21 Å². The summed E-state index contributed by atoms with van der Waals surface area (Å²) in [6.45, 7) is 2.11. The van der Waals surface area contributed by atoms with E-state index in [-0.39, 0.29) is 0 Å². The van der Waals surface area contributed by atoms with E-state index in [0.29, 0.717) is 21.4 Å². The van der Waals surface area contributed by atoms with Crippen LogP contribution in [0.3, 0.4) is 0 Å². The van der Waals surface area contributed by atoms with E-state index in [9.17, 15) is 4.21 Å². The standard InChI is InChI=1S/C15H16ClNOS/c1-2-11-6-8-12(9-7-11)10-19(18)15-13(16)4-3-5-14(15)17/h3-9H,2,10,17H2,1H3. The molecule has 0 bridgehead atoms. The molecular weight excluding hydrogens is 278 g/mol. The molecule has 19 heavy (non-hydrogen) atoms. The van der Waals surface area contributed by atoms with E-state index in [1.54, 1.807) is 18.2 Å². The molecule has 2 rings (SSSR count). The van der Waals surface area contributed by atoms with Gasteiger partial charge in [0.15, 0.2) is 0 Å². The van der Waals surface area contributed by atoms with Crippen molar-refractivity contribution in [3.8, 4) is 0 Å². The van der Waals surface area contributed by atoms with Crippen LogP contribution in [0.15, 0.2) is 47.4 Å². The summed E-state index contributed by atoms with van der Waals surface area (Å²) in [5, 5.41) is 0.462. The van der Waals surface area contributed by atoms with Gasteiger partial charge < -0.3 is 5.73 Å². The quantitative estimate of drug-likeness (QED) is 0.872. The van der Waals surface area contributed by atoms with Gasteiger partial charge in [-0.2, -0.15) is 0 Å². The molecule has 0 spiro atoms. The average molecular weight is 294 g/mol. The molecule has 0 amide bonds. The third-order valence-corrected chi connectivity index (χ3v) is 4.89. The molecule has 0 aliphatic rings. The highest BCUT2D eigenvalue weighted by molar-refractivity contribution is 7.84. The van der Waals surface area contributed by atoms with Crippen LogP contribution in [0.5, 0.6) is 0 Å². The minimum absolute atomic E-state index is 0.428. The second-order valence-electron chi connectivity index (χ2n) is 4.32. The number of halogens is 1. The normalized spacial score (nSPS) is 12.3. The fourth-order valence-electron chi connectivity index (χ4n) is 1.86. The molecule has 0 fully saturated rings. The highest BCUT2D eigenvalue weighted by Crippen LogP contribution is 2.27. The lowest BCUT2D eigenvalue weighted by molar-refractivity contribution is 0.683. The number of anilines is 1. The van der Waals surface area contributed by atoms with Crippen LogP contribution in [0.4, 0.5) is 5.69 Å². The summed E-state index contributed by atoms with van der Waals surface area (Å²) >= 11 is 6.07. The van der Waals surface area contributed by atoms with Crippen LogP contribution in [-0.4, -0.2) is 4.21 Å². The first-order valence-electron chi connectivity index (χ1n) is 6.12. The second kappa shape index (κ2) is 6.22. The first-order chi connectivity index (χ1) is 9.11. The SMILES string of the molecule is CCc1ccc(CS(=O)c2c(N)cccc2Cl)cc1. The van der Waals surface area contributed by atoms with Gasteiger partial charge in [0.2, 0.25) is 0 Å². The monoisotopic (exact) mass is 293 g/mol. The van der Waals surface area contributed by atoms with Gasteiger partial charge in [-0.15, -0.1) is 0 Å². The molecule has 2 N–H and O–H groups in total. The molecule has 1 atom stereocenters. The van der Waals surface area contributed by atoms with Crippen LogP contribution < -0.4 is 5.73 Å². The van der Waals surface area contributed by atoms with E-state index in [2.05, 4.69) is 19.1 Å². The molecule has 0 saturated carbocycles. The van der Waals surface area contributed by atoms with Gasteiger partial charge in [0.1, 0.15) is 0 Å². The Morgan fingerprint density at radius 1 is 1.11 bits per heavy atom. The fraction of sp³-hybridized carbons (Fsp3) is 0.200. The summed E-state index contributed by atoms with van der Waals surface area (Å²) in [6, 6.07) is 13.3. The predicted molar refractivity (Wildman–Crippen MR) is 81.8 cm³/mol. The second-order valence-corrected chi connectivity index (χ2v) is 6.11. The van der Waals surface area contributed by atoms with Crippen molar-refractivity contribution in [2.75, 3.05) is 5.73 Å². The van der Waals surface area contributed by atoms with Gasteiger partial charge in [-0.1, -0.05) is 48.9 Å². The van der Waals surface area contributed by atoms with Crippen LogP contribution in [0.25, 0.3) is 0 Å². The molecule has 0 aromatic heterocycles. The van der Waals surface area contributed by atoms with Gasteiger partial charge in [-0.25, -0.2) is 0 Å². The third kappa shape index (κ3) is 3.37. The number of benzene rings is 2. The Kier molecular flexibility index (Phi) is 4.61. The summed E-state index contributed by atoms with van der Waals surface area (Å²) in [5.74, 6) is 0.428. The van der Waals surface area contributed by atoms with Crippen molar-refractivity contribution in [2.45, 2.75) is 24.0 Å². The van der Waals surface area contributed by atoms with Gasteiger partial charge in [0.25, 0.3) is 0 Å². The molecule has 0 saturated heterocycles. The van der Waals surface area contributed by atoms with Crippen LogP contribution in [-0.2, 0) is 23.0 Å². The molecule has 0 radical (unpaired) electrons. The minimum Gasteiger partial charge on any atom is -0.398 e. The number of nitrogens with two attached hydrogens (primary N) is 1. The van der Waals surface area contributed by atoms with Crippen LogP contribution >= 0.6 is 11.6 Å². The van der Waals surface area contributed by atoms with Gasteiger partial charge in [0, 0.05) is 5.69 Å². The van der Waals surface area contributed by atoms with Gasteiger partial charge >= 0.3 is 0 Å². The first kappa shape index (κ1) is 14.1. The van der Waals surface area contributed by atoms with Crippen LogP contribution in [0.2, 0.25) is 5.02 Å². The van der Waals surface area contributed by atoms with Crippen LogP contribution in [0, 0.1) is 0 Å². The largest absolute Gasteiger partial charge is 0.398 e. The number of rotatable bonds is 4. The number of hydrogen-bond acceptors (Lipinski definition) is 2. The maximum absolute atomic E-state index is 12.4. The lowest BCUT2D eigenvalue weighted by atomic mass is 10.1. The predicted octanol–water partition coefficient (Wildman–Crippen LogP) is 3.79. The molecule has 0 aliphatic carbocycles. The van der Waals surface area contributed by atoms with E-state index in [1.807, 2.05) is 12.1 Å². The van der Waals surface area contributed by atoms with E-state index in [1.165, 1.54) is 5.56 Å². The van der Waals surface area contributed by atoms with Crippen molar-refractivity contribution in [3.05, 3.63) is 58.6 Å². The van der Waals surface area contributed by atoms with E-state index >= 15 is 0 Å². The van der Waals surface area contributed by atoms with Crippen molar-refractivity contribution >= 4 is 28.1 Å². The Morgan fingerprint density at radius 3 is 2.32 bits per heavy atom. The smallest absolute Gasteiger partial charge is 0.0806 e. The summed E-state index contributed by atoms with van der Waals surface area (Å²) in [6.07, 6.45) is 1.00. The molecule has 100 valence electrons. The molecule has 0 heterocycles. The highest BCUT2D eigenvalue weighted by Gasteiger charge is 2.12. The first-order valence-corrected chi connectivity index (χ1v) is 7.81.